The first-order chi connectivity index (χ1) is 11.7. The van der Waals surface area contributed by atoms with Crippen LogP contribution in [0.5, 0.6) is 0 Å². The van der Waals surface area contributed by atoms with Crippen LogP contribution >= 0.6 is 12.4 Å². The highest BCUT2D eigenvalue weighted by atomic mass is 35.5. The van der Waals surface area contributed by atoms with Gasteiger partial charge in [-0.15, -0.1) is 12.4 Å². The van der Waals surface area contributed by atoms with Crippen molar-refractivity contribution >= 4 is 18.3 Å². The Morgan fingerprint density at radius 2 is 1.92 bits per heavy atom. The first kappa shape index (κ1) is 18.0. The van der Waals surface area contributed by atoms with E-state index < -0.39 is 0 Å². The first-order valence-electron chi connectivity index (χ1n) is 8.70. The van der Waals surface area contributed by atoms with Gasteiger partial charge in [-0.2, -0.15) is 0 Å². The summed E-state index contributed by atoms with van der Waals surface area (Å²) in [6.07, 6.45) is 3.39. The molecule has 5 nitrogen and oxygen atoms in total. The van der Waals surface area contributed by atoms with E-state index in [2.05, 4.69) is 10.5 Å². The predicted octanol–water partition coefficient (Wildman–Crippen LogP) is 3.29. The summed E-state index contributed by atoms with van der Waals surface area (Å²) in [6.45, 7) is 5.66. The monoisotopic (exact) mass is 361 g/mol. The number of piperidine rings is 1. The smallest absolute Gasteiger partial charge is 0.259 e. The second-order valence-corrected chi connectivity index (χ2v) is 7.05. The van der Waals surface area contributed by atoms with Gasteiger partial charge < -0.3 is 14.7 Å². The number of nitrogens with zero attached hydrogens (tertiary/aromatic N) is 2. The van der Waals surface area contributed by atoms with E-state index in [-0.39, 0.29) is 18.3 Å². The van der Waals surface area contributed by atoms with E-state index >= 15 is 0 Å². The van der Waals surface area contributed by atoms with Gasteiger partial charge in [0.1, 0.15) is 17.0 Å². The number of likely N-dealkylation sites (tertiary alicyclic amines) is 1. The Balaban J connectivity index is 0.00000182. The van der Waals surface area contributed by atoms with E-state index in [9.17, 15) is 4.79 Å². The molecule has 25 heavy (non-hydrogen) atoms. The Kier molecular flexibility index (Phi) is 5.16. The van der Waals surface area contributed by atoms with E-state index in [0.717, 1.165) is 44.6 Å². The van der Waals surface area contributed by atoms with E-state index in [1.165, 1.54) is 6.42 Å². The minimum atomic E-state index is 0. The number of carbonyl (C=O) groups excluding carboxylic acids is 1. The third kappa shape index (κ3) is 3.31. The summed E-state index contributed by atoms with van der Waals surface area (Å²) in [5, 5.41) is 7.61. The lowest BCUT2D eigenvalue weighted by Gasteiger charge is -2.38. The highest BCUT2D eigenvalue weighted by Gasteiger charge is 2.39. The molecule has 6 heteroatoms. The number of amides is 1. The summed E-state index contributed by atoms with van der Waals surface area (Å²) in [6, 6.07) is 9.78. The van der Waals surface area contributed by atoms with Crippen LogP contribution in [0.3, 0.4) is 0 Å². The first-order valence-corrected chi connectivity index (χ1v) is 8.70. The van der Waals surface area contributed by atoms with Crippen molar-refractivity contribution < 1.29 is 9.32 Å². The molecule has 2 aliphatic rings. The Hall–Kier alpha value is -1.85. The highest BCUT2D eigenvalue weighted by Crippen LogP contribution is 2.38. The van der Waals surface area contributed by atoms with Gasteiger partial charge in [-0.25, -0.2) is 0 Å². The predicted molar refractivity (Wildman–Crippen MR) is 99.0 cm³/mol. The van der Waals surface area contributed by atoms with Gasteiger partial charge in [0.15, 0.2) is 0 Å². The van der Waals surface area contributed by atoms with Crippen molar-refractivity contribution in [3.63, 3.8) is 0 Å². The minimum absolute atomic E-state index is 0. The van der Waals surface area contributed by atoms with Crippen LogP contribution in [0.25, 0.3) is 11.3 Å². The van der Waals surface area contributed by atoms with Gasteiger partial charge in [0, 0.05) is 25.2 Å². The number of aryl methyl sites for hydroxylation is 1. The fraction of sp³-hybridized carbons (Fsp3) is 0.474. The third-order valence-electron chi connectivity index (χ3n) is 5.57. The van der Waals surface area contributed by atoms with Gasteiger partial charge in [0.05, 0.1) is 0 Å². The number of hydrogen-bond acceptors (Lipinski definition) is 4. The molecule has 1 amide bonds. The maximum atomic E-state index is 13.1. The second kappa shape index (κ2) is 7.18. The average Bonchev–Trinajstić information content (AvgIpc) is 3.23. The van der Waals surface area contributed by atoms with E-state index in [0.29, 0.717) is 22.4 Å². The van der Waals surface area contributed by atoms with Crippen molar-refractivity contribution in [3.05, 3.63) is 41.7 Å². The summed E-state index contributed by atoms with van der Waals surface area (Å²) in [5.41, 5.74) is 2.59. The third-order valence-corrected chi connectivity index (χ3v) is 5.57. The maximum Gasteiger partial charge on any atom is 0.259 e. The lowest BCUT2D eigenvalue weighted by Crippen LogP contribution is -2.44. The molecule has 0 saturated carbocycles. The Bertz CT molecular complexity index is 728. The van der Waals surface area contributed by atoms with Crippen LogP contribution < -0.4 is 5.32 Å². The number of hydrogen-bond donors (Lipinski definition) is 1. The zero-order valence-corrected chi connectivity index (χ0v) is 15.3. The van der Waals surface area contributed by atoms with E-state index in [1.807, 2.05) is 42.2 Å². The van der Waals surface area contributed by atoms with Crippen LogP contribution in [-0.2, 0) is 0 Å². The van der Waals surface area contributed by atoms with Crippen LogP contribution in [-0.4, -0.2) is 42.1 Å². The maximum absolute atomic E-state index is 13.1. The quantitative estimate of drug-likeness (QED) is 0.891. The van der Waals surface area contributed by atoms with E-state index in [1.54, 1.807) is 0 Å². The molecule has 2 aromatic rings. The van der Waals surface area contributed by atoms with Crippen molar-refractivity contribution in [1.29, 1.82) is 0 Å². The number of aromatic nitrogens is 1. The summed E-state index contributed by atoms with van der Waals surface area (Å²) in [7, 11) is 0. The zero-order chi connectivity index (χ0) is 16.6. The van der Waals surface area contributed by atoms with Crippen molar-refractivity contribution in [3.8, 4) is 11.3 Å². The molecule has 0 aliphatic carbocycles. The zero-order valence-electron chi connectivity index (χ0n) is 14.5. The van der Waals surface area contributed by atoms with Gasteiger partial charge in [-0.3, -0.25) is 4.79 Å². The van der Waals surface area contributed by atoms with Gasteiger partial charge in [0.25, 0.3) is 5.91 Å². The molecule has 1 aromatic carbocycles. The van der Waals surface area contributed by atoms with Crippen molar-refractivity contribution in [2.75, 3.05) is 26.2 Å². The van der Waals surface area contributed by atoms with Crippen LogP contribution in [0.2, 0.25) is 0 Å². The summed E-state index contributed by atoms with van der Waals surface area (Å²) in [4.78, 5) is 15.1. The fourth-order valence-corrected chi connectivity index (χ4v) is 3.98. The Morgan fingerprint density at radius 1 is 1.20 bits per heavy atom. The molecule has 0 radical (unpaired) electrons. The number of nitrogens with one attached hydrogen (secondary N) is 1. The van der Waals surface area contributed by atoms with Crippen LogP contribution in [0.15, 0.2) is 34.9 Å². The molecule has 3 heterocycles. The van der Waals surface area contributed by atoms with E-state index in [4.69, 9.17) is 4.52 Å². The topological polar surface area (TPSA) is 58.4 Å². The molecule has 2 fully saturated rings. The van der Waals surface area contributed by atoms with Gasteiger partial charge in [-0.1, -0.05) is 35.5 Å². The van der Waals surface area contributed by atoms with Gasteiger partial charge in [0.2, 0.25) is 0 Å². The highest BCUT2D eigenvalue weighted by molar-refractivity contribution is 6.00. The van der Waals surface area contributed by atoms with Crippen molar-refractivity contribution in [2.45, 2.75) is 26.2 Å². The molecule has 0 atom stereocenters. The number of carbonyl (C=O) groups is 1. The molecule has 2 aliphatic heterocycles. The molecule has 2 saturated heterocycles. The summed E-state index contributed by atoms with van der Waals surface area (Å²) >= 11 is 0. The van der Waals surface area contributed by atoms with Crippen LogP contribution in [0.4, 0.5) is 0 Å². The lowest BCUT2D eigenvalue weighted by molar-refractivity contribution is 0.0606. The van der Waals surface area contributed by atoms with Gasteiger partial charge in [-0.05, 0) is 38.1 Å². The summed E-state index contributed by atoms with van der Waals surface area (Å²) < 4.78 is 5.35. The SMILES string of the molecule is Cc1onc(-c2ccccc2)c1C(=O)N1CCC2(CCNC2)CC1.Cl. The molecule has 4 rings (SSSR count). The fourth-order valence-electron chi connectivity index (χ4n) is 3.98. The van der Waals surface area contributed by atoms with Crippen molar-refractivity contribution in [1.82, 2.24) is 15.4 Å². The molecule has 134 valence electrons. The largest absolute Gasteiger partial charge is 0.360 e. The Morgan fingerprint density at radius 3 is 2.56 bits per heavy atom. The minimum Gasteiger partial charge on any atom is -0.360 e. The van der Waals surface area contributed by atoms with Gasteiger partial charge >= 0.3 is 0 Å². The molecular formula is C19H24ClN3O2. The summed E-state index contributed by atoms with van der Waals surface area (Å²) in [5.74, 6) is 0.648. The molecule has 0 bridgehead atoms. The average molecular weight is 362 g/mol. The normalized spacial score (nSPS) is 19.0. The molecule has 1 N–H and O–H groups in total. The number of benzene rings is 1. The van der Waals surface area contributed by atoms with Crippen LogP contribution in [0, 0.1) is 12.3 Å². The number of rotatable bonds is 2. The van der Waals surface area contributed by atoms with Crippen LogP contribution in [0.1, 0.15) is 35.4 Å². The van der Waals surface area contributed by atoms with Crippen molar-refractivity contribution in [2.24, 2.45) is 5.41 Å². The lowest BCUT2D eigenvalue weighted by atomic mass is 9.77. The molecule has 1 aromatic heterocycles. The molecule has 1 spiro atoms. The number of halogens is 1. The second-order valence-electron chi connectivity index (χ2n) is 7.05. The standard InChI is InChI=1S/C19H23N3O2.ClH/c1-14-16(17(21-24-14)15-5-3-2-4-6-15)18(23)22-11-8-19(9-12-22)7-10-20-13-19;/h2-6,20H,7-13H2,1H3;1H. The molecular weight excluding hydrogens is 338 g/mol. The molecule has 0 unspecified atom stereocenters. The Labute approximate surface area is 154 Å².